The van der Waals surface area contributed by atoms with Gasteiger partial charge in [-0.25, -0.2) is 0 Å². The molecule has 0 aromatic heterocycles. The first kappa shape index (κ1) is 13.1. The van der Waals surface area contributed by atoms with Gasteiger partial charge in [0.15, 0.2) is 0 Å². The predicted octanol–water partition coefficient (Wildman–Crippen LogP) is 3.64. The maximum Gasteiger partial charge on any atom is 0.0504 e. The summed E-state index contributed by atoms with van der Waals surface area (Å²) in [4.78, 5) is 0. The highest BCUT2D eigenvalue weighted by molar-refractivity contribution is 14.1. The molecule has 1 aromatic carbocycles. The summed E-state index contributed by atoms with van der Waals surface area (Å²) in [5.41, 5.74) is 1.13. The van der Waals surface area contributed by atoms with E-state index in [1.807, 2.05) is 18.2 Å². The van der Waals surface area contributed by atoms with Crippen molar-refractivity contribution in [2.24, 2.45) is 5.92 Å². The zero-order valence-electron chi connectivity index (χ0n) is 8.89. The van der Waals surface area contributed by atoms with Crippen LogP contribution < -0.4 is 5.32 Å². The summed E-state index contributed by atoms with van der Waals surface area (Å²) in [5, 5.41) is 4.15. The highest BCUT2D eigenvalue weighted by atomic mass is 127. The zero-order valence-corrected chi connectivity index (χ0v) is 11.8. The molecule has 1 unspecified atom stereocenters. The van der Waals surface area contributed by atoms with Crippen molar-refractivity contribution in [3.8, 4) is 0 Å². The first-order chi connectivity index (χ1) is 7.13. The Morgan fingerprint density at radius 1 is 1.53 bits per heavy atom. The smallest absolute Gasteiger partial charge is 0.0504 e. The average Bonchev–Trinajstić information content (AvgIpc) is 2.17. The molecule has 1 aromatic rings. The molecule has 0 saturated heterocycles. The quantitative estimate of drug-likeness (QED) is 0.827. The van der Waals surface area contributed by atoms with Gasteiger partial charge in [-0.3, -0.25) is 0 Å². The molecule has 0 heterocycles. The number of ether oxygens (including phenoxy) is 1. The minimum atomic E-state index is 0.501. The fraction of sp³-hybridized carbons (Fsp3) is 0.455. The minimum Gasteiger partial charge on any atom is -0.384 e. The second-order valence-electron chi connectivity index (χ2n) is 3.57. The number of anilines is 1. The average molecular weight is 340 g/mol. The summed E-state index contributed by atoms with van der Waals surface area (Å²) >= 11 is 8.15. The van der Waals surface area contributed by atoms with E-state index in [2.05, 4.69) is 34.8 Å². The molecule has 0 aliphatic rings. The Morgan fingerprint density at radius 3 is 2.87 bits per heavy atom. The largest absolute Gasteiger partial charge is 0.384 e. The molecule has 0 fully saturated rings. The summed E-state index contributed by atoms with van der Waals surface area (Å²) in [6.45, 7) is 3.84. The lowest BCUT2D eigenvalue weighted by Gasteiger charge is -2.13. The van der Waals surface area contributed by atoms with Gasteiger partial charge in [-0.2, -0.15) is 0 Å². The van der Waals surface area contributed by atoms with Crippen LogP contribution in [0.2, 0.25) is 5.02 Å². The van der Waals surface area contributed by atoms with E-state index in [1.54, 1.807) is 7.11 Å². The molecule has 0 bridgehead atoms. The van der Waals surface area contributed by atoms with Crippen LogP contribution in [0.5, 0.6) is 0 Å². The zero-order chi connectivity index (χ0) is 11.3. The SMILES string of the molecule is COCC(C)CNc1ccc(Cl)cc1I. The van der Waals surface area contributed by atoms with Gasteiger partial charge in [0.05, 0.1) is 6.61 Å². The normalized spacial score (nSPS) is 12.5. The fourth-order valence-corrected chi connectivity index (χ4v) is 2.32. The van der Waals surface area contributed by atoms with E-state index in [4.69, 9.17) is 16.3 Å². The van der Waals surface area contributed by atoms with Crippen molar-refractivity contribution in [2.45, 2.75) is 6.92 Å². The van der Waals surface area contributed by atoms with Crippen molar-refractivity contribution in [1.29, 1.82) is 0 Å². The van der Waals surface area contributed by atoms with Gasteiger partial charge < -0.3 is 10.1 Å². The van der Waals surface area contributed by atoms with E-state index in [0.29, 0.717) is 5.92 Å². The maximum absolute atomic E-state index is 5.88. The lowest BCUT2D eigenvalue weighted by atomic mass is 10.2. The molecule has 4 heteroatoms. The number of rotatable bonds is 5. The van der Waals surface area contributed by atoms with E-state index in [0.717, 1.165) is 27.4 Å². The lowest BCUT2D eigenvalue weighted by molar-refractivity contribution is 0.164. The van der Waals surface area contributed by atoms with Crippen molar-refractivity contribution >= 4 is 39.9 Å². The molecule has 0 amide bonds. The summed E-state index contributed by atoms with van der Waals surface area (Å²) < 4.78 is 6.22. The lowest BCUT2D eigenvalue weighted by Crippen LogP contribution is -2.16. The molecule has 15 heavy (non-hydrogen) atoms. The molecule has 0 radical (unpaired) electrons. The first-order valence-corrected chi connectivity index (χ1v) is 6.27. The van der Waals surface area contributed by atoms with Gasteiger partial charge in [0.2, 0.25) is 0 Å². The molecular weight excluding hydrogens is 324 g/mol. The van der Waals surface area contributed by atoms with Crippen molar-refractivity contribution < 1.29 is 4.74 Å². The van der Waals surface area contributed by atoms with E-state index in [-0.39, 0.29) is 0 Å². The van der Waals surface area contributed by atoms with Gasteiger partial charge in [0, 0.05) is 27.9 Å². The molecule has 84 valence electrons. The number of hydrogen-bond acceptors (Lipinski definition) is 2. The van der Waals surface area contributed by atoms with Gasteiger partial charge in [-0.15, -0.1) is 0 Å². The molecular formula is C11H15ClINO. The third kappa shape index (κ3) is 4.57. The van der Waals surface area contributed by atoms with Crippen LogP contribution in [0.15, 0.2) is 18.2 Å². The van der Waals surface area contributed by atoms with Crippen molar-refractivity contribution in [3.05, 3.63) is 26.8 Å². The van der Waals surface area contributed by atoms with Gasteiger partial charge in [-0.1, -0.05) is 18.5 Å². The van der Waals surface area contributed by atoms with Crippen molar-refractivity contribution in [3.63, 3.8) is 0 Å². The van der Waals surface area contributed by atoms with Crippen molar-refractivity contribution in [2.75, 3.05) is 25.6 Å². The monoisotopic (exact) mass is 339 g/mol. The standard InChI is InChI=1S/C11H15ClINO/c1-8(7-15-2)6-14-11-4-3-9(12)5-10(11)13/h3-5,8,14H,6-7H2,1-2H3. The van der Waals surface area contributed by atoms with Gasteiger partial charge in [0.1, 0.15) is 0 Å². The highest BCUT2D eigenvalue weighted by Crippen LogP contribution is 2.22. The molecule has 1 atom stereocenters. The summed E-state index contributed by atoms with van der Waals surface area (Å²) in [5.74, 6) is 0.501. The van der Waals surface area contributed by atoms with Crippen LogP contribution in [0, 0.1) is 9.49 Å². The number of nitrogens with one attached hydrogen (secondary N) is 1. The summed E-state index contributed by atoms with van der Waals surface area (Å²) in [6, 6.07) is 5.85. The molecule has 2 nitrogen and oxygen atoms in total. The second kappa shape index (κ2) is 6.55. The van der Waals surface area contributed by atoms with E-state index < -0.39 is 0 Å². The van der Waals surface area contributed by atoms with Crippen LogP contribution in [0.25, 0.3) is 0 Å². The van der Waals surface area contributed by atoms with Crippen LogP contribution in [0.3, 0.4) is 0 Å². The number of halogens is 2. The number of hydrogen-bond donors (Lipinski definition) is 1. The maximum atomic E-state index is 5.88. The second-order valence-corrected chi connectivity index (χ2v) is 5.16. The molecule has 0 spiro atoms. The Morgan fingerprint density at radius 2 is 2.27 bits per heavy atom. The van der Waals surface area contributed by atoms with E-state index in [1.165, 1.54) is 0 Å². The Bertz CT molecular complexity index is 319. The van der Waals surface area contributed by atoms with E-state index >= 15 is 0 Å². The van der Waals surface area contributed by atoms with Crippen LogP contribution >= 0.6 is 34.2 Å². The molecule has 0 aliphatic carbocycles. The Balaban J connectivity index is 2.50. The van der Waals surface area contributed by atoms with Gasteiger partial charge in [-0.05, 0) is 46.7 Å². The van der Waals surface area contributed by atoms with Crippen LogP contribution in [-0.4, -0.2) is 20.3 Å². The third-order valence-corrected chi connectivity index (χ3v) is 3.15. The number of benzene rings is 1. The van der Waals surface area contributed by atoms with Gasteiger partial charge >= 0.3 is 0 Å². The highest BCUT2D eigenvalue weighted by Gasteiger charge is 2.03. The Labute approximate surface area is 109 Å². The van der Waals surface area contributed by atoms with Crippen LogP contribution in [0.4, 0.5) is 5.69 Å². The fourth-order valence-electron chi connectivity index (χ4n) is 1.26. The topological polar surface area (TPSA) is 21.3 Å². The summed E-state index contributed by atoms with van der Waals surface area (Å²) in [6.07, 6.45) is 0. The van der Waals surface area contributed by atoms with Crippen molar-refractivity contribution in [1.82, 2.24) is 0 Å². The molecule has 0 aliphatic heterocycles. The predicted molar refractivity (Wildman–Crippen MR) is 73.7 cm³/mol. The first-order valence-electron chi connectivity index (χ1n) is 4.81. The molecule has 1 rings (SSSR count). The van der Waals surface area contributed by atoms with Crippen LogP contribution in [-0.2, 0) is 4.74 Å². The van der Waals surface area contributed by atoms with Crippen LogP contribution in [0.1, 0.15) is 6.92 Å². The Kier molecular flexibility index (Phi) is 5.71. The van der Waals surface area contributed by atoms with E-state index in [9.17, 15) is 0 Å². The summed E-state index contributed by atoms with van der Waals surface area (Å²) in [7, 11) is 1.72. The molecule has 1 N–H and O–H groups in total. The Hall–Kier alpha value is -0.000000000000000111. The molecule has 0 saturated carbocycles. The third-order valence-electron chi connectivity index (χ3n) is 2.02. The number of methoxy groups -OCH3 is 1. The van der Waals surface area contributed by atoms with Gasteiger partial charge in [0.25, 0.3) is 0 Å². The minimum absolute atomic E-state index is 0.501.